The van der Waals surface area contributed by atoms with E-state index in [1.165, 1.54) is 44.1 Å². The zero-order valence-corrected chi connectivity index (χ0v) is 14.7. The molecule has 116 valence electrons. The van der Waals surface area contributed by atoms with Gasteiger partial charge in [0.05, 0.1) is 11.0 Å². The molecular weight excluding hydrogens is 358 g/mol. The molecule has 0 saturated heterocycles. The van der Waals surface area contributed by atoms with Crippen LogP contribution >= 0.6 is 15.9 Å². The number of rotatable bonds is 1. The summed E-state index contributed by atoms with van der Waals surface area (Å²) < 4.78 is 1.11. The van der Waals surface area contributed by atoms with Crippen molar-refractivity contribution in [3.63, 3.8) is 0 Å². The van der Waals surface area contributed by atoms with Gasteiger partial charge in [0, 0.05) is 26.4 Å². The first-order chi connectivity index (χ1) is 11.8. The zero-order chi connectivity index (χ0) is 16.1. The molecule has 0 aliphatic heterocycles. The minimum Gasteiger partial charge on any atom is -0.354 e. The lowest BCUT2D eigenvalue weighted by molar-refractivity contribution is 0.989. The lowest BCUT2D eigenvalue weighted by Crippen LogP contribution is -1.94. The quantitative estimate of drug-likeness (QED) is 0.381. The highest BCUT2D eigenvalue weighted by Gasteiger charge is 2.14. The van der Waals surface area contributed by atoms with Crippen LogP contribution in [-0.4, -0.2) is 4.98 Å². The van der Waals surface area contributed by atoms with E-state index in [0.717, 1.165) is 17.3 Å². The maximum atomic E-state index is 3.73. The third-order valence-corrected chi connectivity index (χ3v) is 5.43. The van der Waals surface area contributed by atoms with E-state index in [0.29, 0.717) is 0 Å². The van der Waals surface area contributed by atoms with Crippen LogP contribution in [0.3, 0.4) is 0 Å². The highest BCUT2D eigenvalue weighted by molar-refractivity contribution is 9.10. The van der Waals surface area contributed by atoms with Gasteiger partial charge in [-0.25, -0.2) is 0 Å². The van der Waals surface area contributed by atoms with Gasteiger partial charge in [0.15, 0.2) is 0 Å². The Morgan fingerprint density at radius 3 is 2.67 bits per heavy atom. The number of nitrogens with one attached hydrogen (secondary N) is 1. The number of aromatic amines is 1. The van der Waals surface area contributed by atoms with Crippen molar-refractivity contribution in [2.45, 2.75) is 12.8 Å². The number of benzene rings is 3. The van der Waals surface area contributed by atoms with Crippen molar-refractivity contribution in [3.8, 4) is 11.1 Å². The average molecular weight is 374 g/mol. The van der Waals surface area contributed by atoms with Crippen LogP contribution in [0.15, 0.2) is 65.1 Å². The number of para-hydroxylation sites is 1. The zero-order valence-electron chi connectivity index (χ0n) is 13.1. The summed E-state index contributed by atoms with van der Waals surface area (Å²) in [7, 11) is 0. The summed E-state index contributed by atoms with van der Waals surface area (Å²) in [5.41, 5.74) is 7.76. The summed E-state index contributed by atoms with van der Waals surface area (Å²) in [6, 6.07) is 19.6. The van der Waals surface area contributed by atoms with E-state index in [2.05, 4.69) is 87.7 Å². The number of halogens is 1. The van der Waals surface area contributed by atoms with E-state index in [1.54, 1.807) is 0 Å². The first-order valence-electron chi connectivity index (χ1n) is 8.30. The van der Waals surface area contributed by atoms with E-state index in [1.807, 2.05) is 0 Å². The third-order valence-electron chi connectivity index (χ3n) is 4.94. The van der Waals surface area contributed by atoms with Crippen LogP contribution in [0.4, 0.5) is 0 Å². The number of hydrogen-bond acceptors (Lipinski definition) is 0. The number of fused-ring (bicyclic) bond motifs is 5. The Hall–Kier alpha value is -2.32. The molecule has 5 rings (SSSR count). The van der Waals surface area contributed by atoms with Gasteiger partial charge in [0.2, 0.25) is 0 Å². The van der Waals surface area contributed by atoms with E-state index in [-0.39, 0.29) is 0 Å². The van der Waals surface area contributed by atoms with Crippen LogP contribution in [0.5, 0.6) is 0 Å². The van der Waals surface area contributed by atoms with Crippen LogP contribution in [0, 0.1) is 0 Å². The molecule has 24 heavy (non-hydrogen) atoms. The van der Waals surface area contributed by atoms with E-state index >= 15 is 0 Å². The van der Waals surface area contributed by atoms with E-state index in [4.69, 9.17) is 0 Å². The second-order valence-corrected chi connectivity index (χ2v) is 7.28. The van der Waals surface area contributed by atoms with E-state index in [9.17, 15) is 0 Å². The topological polar surface area (TPSA) is 15.8 Å². The molecule has 0 unspecified atom stereocenters. The molecule has 1 aromatic heterocycles. The fourth-order valence-electron chi connectivity index (χ4n) is 3.80. The molecule has 1 aliphatic carbocycles. The summed E-state index contributed by atoms with van der Waals surface area (Å²) in [4.78, 5) is 3.73. The number of allylic oxidation sites excluding steroid dienone is 1. The van der Waals surface area contributed by atoms with Crippen molar-refractivity contribution < 1.29 is 0 Å². The first-order valence-corrected chi connectivity index (χ1v) is 9.09. The van der Waals surface area contributed by atoms with Gasteiger partial charge in [-0.05, 0) is 36.1 Å². The van der Waals surface area contributed by atoms with Crippen molar-refractivity contribution in [1.29, 1.82) is 0 Å². The normalized spacial score (nSPS) is 13.5. The molecule has 2 heteroatoms. The van der Waals surface area contributed by atoms with Crippen molar-refractivity contribution in [3.05, 3.63) is 76.3 Å². The number of hydrogen-bond donors (Lipinski definition) is 1. The van der Waals surface area contributed by atoms with Gasteiger partial charge < -0.3 is 4.98 Å². The minimum atomic E-state index is 1.11. The number of aromatic nitrogens is 1. The fourth-order valence-corrected chi connectivity index (χ4v) is 4.20. The summed E-state index contributed by atoms with van der Waals surface area (Å²) in [6.45, 7) is 0. The first kappa shape index (κ1) is 14.1. The predicted molar refractivity (Wildman–Crippen MR) is 106 cm³/mol. The largest absolute Gasteiger partial charge is 0.354 e. The highest BCUT2D eigenvalue weighted by Crippen LogP contribution is 2.37. The summed E-state index contributed by atoms with van der Waals surface area (Å²) in [5.74, 6) is 0. The number of aryl methyl sites for hydroxylation is 1. The molecule has 0 spiro atoms. The van der Waals surface area contributed by atoms with Gasteiger partial charge in [-0.1, -0.05) is 70.5 Å². The Morgan fingerprint density at radius 1 is 0.875 bits per heavy atom. The molecule has 3 aromatic carbocycles. The van der Waals surface area contributed by atoms with Crippen molar-refractivity contribution in [2.24, 2.45) is 0 Å². The average Bonchev–Trinajstić information content (AvgIpc) is 3.01. The van der Waals surface area contributed by atoms with Crippen LogP contribution in [0.1, 0.15) is 17.5 Å². The van der Waals surface area contributed by atoms with Crippen LogP contribution < -0.4 is 0 Å². The van der Waals surface area contributed by atoms with Gasteiger partial charge in [-0.15, -0.1) is 0 Å². The Labute approximate surface area is 149 Å². The van der Waals surface area contributed by atoms with E-state index < -0.39 is 0 Å². The van der Waals surface area contributed by atoms with Gasteiger partial charge in [0.25, 0.3) is 0 Å². The molecule has 1 heterocycles. The maximum absolute atomic E-state index is 3.73. The molecule has 0 radical (unpaired) electrons. The Morgan fingerprint density at radius 2 is 1.75 bits per heavy atom. The Kier molecular flexibility index (Phi) is 3.14. The standard InChI is InChI=1S/C22H16BrN/c23-16-7-3-6-15(13-16)18-9-4-10-19-20-12-11-14-5-1-2-8-17(14)21(20)24-22(18)19/h2-4,6-13,24H,1,5H2. The molecule has 0 amide bonds. The molecule has 0 atom stereocenters. The molecule has 1 aliphatic rings. The second-order valence-electron chi connectivity index (χ2n) is 6.37. The Balaban J connectivity index is 1.87. The Bertz CT molecular complexity index is 1120. The maximum Gasteiger partial charge on any atom is 0.0544 e. The molecule has 1 N–H and O–H groups in total. The predicted octanol–water partition coefficient (Wildman–Crippen LogP) is 6.71. The SMILES string of the molecule is Brc1cccc(-c2cccc3c2[nH]c2c4c(ccc23)CCC=C4)c1. The summed E-state index contributed by atoms with van der Waals surface area (Å²) in [6.07, 6.45) is 6.83. The summed E-state index contributed by atoms with van der Waals surface area (Å²) >= 11 is 3.59. The van der Waals surface area contributed by atoms with Crippen LogP contribution in [0.25, 0.3) is 39.0 Å². The van der Waals surface area contributed by atoms with Crippen molar-refractivity contribution in [2.75, 3.05) is 0 Å². The number of H-pyrrole nitrogens is 1. The lowest BCUT2D eigenvalue weighted by atomic mass is 9.95. The molecular formula is C22H16BrN. The van der Waals surface area contributed by atoms with Crippen molar-refractivity contribution >= 4 is 43.8 Å². The second kappa shape index (κ2) is 5.35. The lowest BCUT2D eigenvalue weighted by Gasteiger charge is -2.10. The minimum absolute atomic E-state index is 1.11. The molecule has 0 saturated carbocycles. The molecule has 1 nitrogen and oxygen atoms in total. The van der Waals surface area contributed by atoms with Crippen LogP contribution in [-0.2, 0) is 6.42 Å². The smallest absolute Gasteiger partial charge is 0.0544 e. The monoisotopic (exact) mass is 373 g/mol. The molecule has 4 aromatic rings. The molecule has 0 bridgehead atoms. The van der Waals surface area contributed by atoms with Crippen molar-refractivity contribution in [1.82, 2.24) is 4.98 Å². The molecule has 0 fully saturated rings. The van der Waals surface area contributed by atoms with Gasteiger partial charge >= 0.3 is 0 Å². The van der Waals surface area contributed by atoms with Gasteiger partial charge in [-0.2, -0.15) is 0 Å². The van der Waals surface area contributed by atoms with Crippen LogP contribution in [0.2, 0.25) is 0 Å². The van der Waals surface area contributed by atoms with Gasteiger partial charge in [0.1, 0.15) is 0 Å². The third kappa shape index (κ3) is 2.06. The summed E-state index contributed by atoms with van der Waals surface area (Å²) in [5, 5.41) is 2.61. The van der Waals surface area contributed by atoms with Gasteiger partial charge in [-0.3, -0.25) is 0 Å². The highest BCUT2D eigenvalue weighted by atomic mass is 79.9. The fraction of sp³-hybridized carbons (Fsp3) is 0.0909.